The van der Waals surface area contributed by atoms with E-state index < -0.39 is 17.4 Å². The van der Waals surface area contributed by atoms with Crippen molar-refractivity contribution in [1.82, 2.24) is 10.6 Å². The monoisotopic (exact) mass is 330 g/mol. The van der Waals surface area contributed by atoms with E-state index in [1.165, 1.54) is 6.26 Å². The fourth-order valence-corrected chi connectivity index (χ4v) is 2.29. The van der Waals surface area contributed by atoms with Crippen molar-refractivity contribution < 1.29 is 19.1 Å². The van der Waals surface area contributed by atoms with Crippen molar-refractivity contribution in [3.05, 3.63) is 60.1 Å². The van der Waals surface area contributed by atoms with Gasteiger partial charge in [0.1, 0.15) is 5.76 Å². The molecule has 0 saturated carbocycles. The zero-order valence-corrected chi connectivity index (χ0v) is 13.8. The van der Waals surface area contributed by atoms with Crippen LogP contribution in [-0.2, 0) is 16.0 Å². The van der Waals surface area contributed by atoms with Crippen molar-refractivity contribution in [3.63, 3.8) is 0 Å². The first-order valence-corrected chi connectivity index (χ1v) is 7.76. The second kappa shape index (κ2) is 7.79. The number of carbonyl (C=O) groups excluding carboxylic acids is 2. The Morgan fingerprint density at radius 1 is 1.17 bits per heavy atom. The van der Waals surface area contributed by atoms with Crippen LogP contribution < -0.4 is 10.6 Å². The summed E-state index contributed by atoms with van der Waals surface area (Å²) in [4.78, 5) is 23.8. The number of hydrogen-bond acceptors (Lipinski definition) is 4. The maximum atomic E-state index is 11.9. The largest absolute Gasteiger partial charge is 0.469 e. The van der Waals surface area contributed by atoms with Gasteiger partial charge in [-0.25, -0.2) is 0 Å². The van der Waals surface area contributed by atoms with Crippen LogP contribution in [0, 0.1) is 0 Å². The molecule has 0 spiro atoms. The van der Waals surface area contributed by atoms with Crippen molar-refractivity contribution >= 4 is 11.8 Å². The summed E-state index contributed by atoms with van der Waals surface area (Å²) in [6.45, 7) is 3.31. The van der Waals surface area contributed by atoms with Gasteiger partial charge >= 0.3 is 11.8 Å². The van der Waals surface area contributed by atoms with E-state index >= 15 is 0 Å². The first kappa shape index (κ1) is 17.7. The third-order valence-corrected chi connectivity index (χ3v) is 3.62. The van der Waals surface area contributed by atoms with E-state index in [1.807, 2.05) is 30.3 Å². The minimum absolute atomic E-state index is 0.0559. The van der Waals surface area contributed by atoms with Gasteiger partial charge in [0.05, 0.1) is 17.9 Å². The maximum absolute atomic E-state index is 11.9. The van der Waals surface area contributed by atoms with Crippen LogP contribution >= 0.6 is 0 Å². The normalized spacial score (nSPS) is 14.5. The third kappa shape index (κ3) is 5.24. The molecular weight excluding hydrogens is 308 g/mol. The Bertz CT molecular complexity index is 666. The molecule has 0 aliphatic carbocycles. The van der Waals surface area contributed by atoms with Gasteiger partial charge in [-0.05, 0) is 31.5 Å². The molecule has 0 bridgehead atoms. The van der Waals surface area contributed by atoms with E-state index in [-0.39, 0.29) is 19.0 Å². The van der Waals surface area contributed by atoms with E-state index in [1.54, 1.807) is 26.0 Å². The van der Waals surface area contributed by atoms with Gasteiger partial charge < -0.3 is 20.2 Å². The molecule has 1 heterocycles. The summed E-state index contributed by atoms with van der Waals surface area (Å²) in [5, 5.41) is 15.3. The zero-order chi connectivity index (χ0) is 17.6. The quantitative estimate of drug-likeness (QED) is 0.701. The molecule has 6 heteroatoms. The molecule has 2 atom stereocenters. The van der Waals surface area contributed by atoms with Crippen LogP contribution in [0.2, 0.25) is 0 Å². The molecule has 2 aromatic rings. The third-order valence-electron chi connectivity index (χ3n) is 3.62. The fraction of sp³-hybridized carbons (Fsp3) is 0.333. The predicted octanol–water partition coefficient (Wildman–Crippen LogP) is 1.57. The van der Waals surface area contributed by atoms with Crippen LogP contribution in [0.5, 0.6) is 0 Å². The Balaban J connectivity index is 1.82. The molecular formula is C18H22N2O4. The standard InChI is InChI=1S/C18H22N2O4/c1-13(14-7-4-3-5-8-14)20-17(22)16(21)19-12-18(2,23)11-15-9-6-10-24-15/h3-10,13,23H,11-12H2,1-2H3,(H,19,21)(H,20,22)/t13-,18-/m0/s1. The van der Waals surface area contributed by atoms with Crippen LogP contribution in [0.3, 0.4) is 0 Å². The van der Waals surface area contributed by atoms with Crippen molar-refractivity contribution in [2.45, 2.75) is 31.9 Å². The van der Waals surface area contributed by atoms with E-state index in [9.17, 15) is 14.7 Å². The van der Waals surface area contributed by atoms with Crippen LogP contribution in [0.15, 0.2) is 53.1 Å². The molecule has 1 aromatic carbocycles. The van der Waals surface area contributed by atoms with E-state index in [0.29, 0.717) is 5.76 Å². The Kier molecular flexibility index (Phi) is 5.76. The van der Waals surface area contributed by atoms with Crippen molar-refractivity contribution in [2.75, 3.05) is 6.54 Å². The van der Waals surface area contributed by atoms with E-state index in [0.717, 1.165) is 5.56 Å². The molecule has 0 saturated heterocycles. The number of hydrogen-bond donors (Lipinski definition) is 3. The lowest BCUT2D eigenvalue weighted by Crippen LogP contribution is -2.47. The molecule has 0 fully saturated rings. The molecule has 0 radical (unpaired) electrons. The van der Waals surface area contributed by atoms with Gasteiger partial charge in [-0.3, -0.25) is 9.59 Å². The summed E-state index contributed by atoms with van der Waals surface area (Å²) in [6, 6.07) is 12.5. The SMILES string of the molecule is C[C@H](NC(=O)C(=O)NC[C@@](C)(O)Cc1ccco1)c1ccccc1. The average molecular weight is 330 g/mol. The summed E-state index contributed by atoms with van der Waals surface area (Å²) < 4.78 is 5.17. The topological polar surface area (TPSA) is 91.6 Å². The van der Waals surface area contributed by atoms with Crippen molar-refractivity contribution in [3.8, 4) is 0 Å². The zero-order valence-electron chi connectivity index (χ0n) is 13.8. The van der Waals surface area contributed by atoms with Gasteiger partial charge in [-0.2, -0.15) is 0 Å². The van der Waals surface area contributed by atoms with Gasteiger partial charge in [0, 0.05) is 13.0 Å². The second-order valence-corrected chi connectivity index (χ2v) is 6.04. The van der Waals surface area contributed by atoms with Crippen LogP contribution in [0.1, 0.15) is 31.2 Å². The number of furan rings is 1. The average Bonchev–Trinajstić information content (AvgIpc) is 3.05. The molecule has 2 amide bonds. The lowest BCUT2D eigenvalue weighted by atomic mass is 10.0. The fourth-order valence-electron chi connectivity index (χ4n) is 2.29. The first-order chi connectivity index (χ1) is 11.4. The van der Waals surface area contributed by atoms with Crippen LogP contribution in [0.4, 0.5) is 0 Å². The number of aliphatic hydroxyl groups is 1. The summed E-state index contributed by atoms with van der Waals surface area (Å²) in [7, 11) is 0. The van der Waals surface area contributed by atoms with Crippen molar-refractivity contribution in [1.29, 1.82) is 0 Å². The van der Waals surface area contributed by atoms with Crippen LogP contribution in [-0.4, -0.2) is 29.1 Å². The number of carbonyl (C=O) groups is 2. The van der Waals surface area contributed by atoms with E-state index in [2.05, 4.69) is 10.6 Å². The predicted molar refractivity (Wildman–Crippen MR) is 89.0 cm³/mol. The number of rotatable bonds is 6. The molecule has 128 valence electrons. The Morgan fingerprint density at radius 2 is 1.88 bits per heavy atom. The lowest BCUT2D eigenvalue weighted by molar-refractivity contribution is -0.140. The lowest BCUT2D eigenvalue weighted by Gasteiger charge is -2.22. The van der Waals surface area contributed by atoms with Gasteiger partial charge in [0.25, 0.3) is 0 Å². The summed E-state index contributed by atoms with van der Waals surface area (Å²) in [6.07, 6.45) is 1.75. The highest BCUT2D eigenvalue weighted by molar-refractivity contribution is 6.35. The van der Waals surface area contributed by atoms with Gasteiger partial charge in [0.2, 0.25) is 0 Å². The highest BCUT2D eigenvalue weighted by Gasteiger charge is 2.25. The highest BCUT2D eigenvalue weighted by atomic mass is 16.3. The molecule has 0 unspecified atom stereocenters. The molecule has 24 heavy (non-hydrogen) atoms. The minimum atomic E-state index is -1.21. The molecule has 6 nitrogen and oxygen atoms in total. The van der Waals surface area contributed by atoms with Gasteiger partial charge in [0.15, 0.2) is 0 Å². The molecule has 3 N–H and O–H groups in total. The Hall–Kier alpha value is -2.60. The first-order valence-electron chi connectivity index (χ1n) is 7.76. The smallest absolute Gasteiger partial charge is 0.309 e. The Labute approximate surface area is 140 Å². The molecule has 2 rings (SSSR count). The minimum Gasteiger partial charge on any atom is -0.469 e. The van der Waals surface area contributed by atoms with Crippen molar-refractivity contribution in [2.24, 2.45) is 0 Å². The van der Waals surface area contributed by atoms with Gasteiger partial charge in [-0.15, -0.1) is 0 Å². The maximum Gasteiger partial charge on any atom is 0.309 e. The number of amides is 2. The molecule has 1 aromatic heterocycles. The second-order valence-electron chi connectivity index (χ2n) is 6.04. The van der Waals surface area contributed by atoms with Crippen LogP contribution in [0.25, 0.3) is 0 Å². The van der Waals surface area contributed by atoms with E-state index in [4.69, 9.17) is 4.42 Å². The summed E-state index contributed by atoms with van der Waals surface area (Å²) in [5.74, 6) is -0.908. The molecule has 0 aliphatic heterocycles. The number of benzene rings is 1. The van der Waals surface area contributed by atoms with Gasteiger partial charge in [-0.1, -0.05) is 30.3 Å². The highest BCUT2D eigenvalue weighted by Crippen LogP contribution is 2.13. The summed E-state index contributed by atoms with van der Waals surface area (Å²) in [5.41, 5.74) is -0.303. The summed E-state index contributed by atoms with van der Waals surface area (Å²) >= 11 is 0. The Morgan fingerprint density at radius 3 is 2.50 bits per heavy atom. The number of nitrogens with one attached hydrogen (secondary N) is 2. The molecule has 0 aliphatic rings.